The van der Waals surface area contributed by atoms with Gasteiger partial charge in [-0.1, -0.05) is 73.9 Å². The van der Waals surface area contributed by atoms with Gasteiger partial charge in [-0.15, -0.1) is 0 Å². The number of carboxylic acid groups (broad SMARTS) is 1. The van der Waals surface area contributed by atoms with E-state index < -0.39 is 5.97 Å². The topological polar surface area (TPSA) is 118 Å². The molecule has 0 heterocycles. The van der Waals surface area contributed by atoms with Gasteiger partial charge in [-0.05, 0) is 93.7 Å². The van der Waals surface area contributed by atoms with Crippen molar-refractivity contribution in [3.8, 4) is 0 Å². The van der Waals surface area contributed by atoms with Gasteiger partial charge in [0.05, 0.1) is 36.7 Å². The number of aliphatic imine (C=N–C) groups is 1. The fourth-order valence-corrected chi connectivity index (χ4v) is 6.57. The number of nitrogens with zero attached hydrogens (tertiary/aromatic N) is 2. The molecule has 0 saturated heterocycles. The maximum Gasteiger partial charge on any atom is 0.336 e. The van der Waals surface area contributed by atoms with Gasteiger partial charge in [0.15, 0.2) is 0 Å². The quantitative estimate of drug-likeness (QED) is 0.158. The number of urea groups is 1. The monoisotopic (exact) mass is 655 g/mol. The van der Waals surface area contributed by atoms with E-state index in [4.69, 9.17) is 9.47 Å². The number of ether oxygens (including phenoxy) is 2. The largest absolute Gasteiger partial charge is 0.478 e. The second-order valence-electron chi connectivity index (χ2n) is 12.7. The van der Waals surface area contributed by atoms with Crippen molar-refractivity contribution in [2.75, 3.05) is 18.5 Å². The Bertz CT molecular complexity index is 1550. The van der Waals surface area contributed by atoms with Gasteiger partial charge in [-0.2, -0.15) is 4.99 Å². The number of hydrogen-bond donors (Lipinski definition) is 2. The lowest BCUT2D eigenvalue weighted by molar-refractivity contribution is -0.0535. The summed E-state index contributed by atoms with van der Waals surface area (Å²) in [5.74, 6) is -0.916. The Morgan fingerprint density at radius 3 is 2.19 bits per heavy atom. The van der Waals surface area contributed by atoms with Crippen LogP contribution in [0.1, 0.15) is 90.4 Å². The van der Waals surface area contributed by atoms with Gasteiger partial charge in [0.2, 0.25) is 6.08 Å². The molecule has 0 aliphatic heterocycles. The van der Waals surface area contributed by atoms with E-state index in [0.717, 1.165) is 73.7 Å². The van der Waals surface area contributed by atoms with Crippen molar-refractivity contribution in [1.82, 2.24) is 4.90 Å². The fourth-order valence-electron chi connectivity index (χ4n) is 6.57. The van der Waals surface area contributed by atoms with E-state index >= 15 is 0 Å². The normalized spacial score (nSPS) is 17.7. The lowest BCUT2D eigenvalue weighted by Gasteiger charge is -2.35. The molecule has 2 unspecified atom stereocenters. The third kappa shape index (κ3) is 10.9. The number of anilines is 1. The predicted octanol–water partition coefficient (Wildman–Crippen LogP) is 8.68. The van der Waals surface area contributed by atoms with Crippen LogP contribution in [0.25, 0.3) is 0 Å². The molecule has 2 amide bonds. The number of hydrogen-bond acceptors (Lipinski definition) is 6. The van der Waals surface area contributed by atoms with Crippen LogP contribution in [0.2, 0.25) is 0 Å². The average molecular weight is 656 g/mol. The summed E-state index contributed by atoms with van der Waals surface area (Å²) >= 11 is 0. The van der Waals surface area contributed by atoms with Gasteiger partial charge in [0, 0.05) is 18.3 Å². The molecule has 5 rings (SSSR count). The number of aromatic carboxylic acids is 1. The summed E-state index contributed by atoms with van der Waals surface area (Å²) in [6.07, 6.45) is 11.0. The molecule has 9 heteroatoms. The van der Waals surface area contributed by atoms with Gasteiger partial charge >= 0.3 is 12.0 Å². The van der Waals surface area contributed by atoms with E-state index in [2.05, 4.69) is 10.3 Å². The molecule has 3 aromatic carbocycles. The molecule has 2 saturated carbocycles. The molecule has 256 valence electrons. The zero-order chi connectivity index (χ0) is 34.3. The summed E-state index contributed by atoms with van der Waals surface area (Å²) < 4.78 is 12.5. The standard InChI is InChI=1S/C31H42N2O5.C8H7NO/c1-22-10-6-7-17-28(22)32-31(36)33(25-13-4-3-5-14-25)18-19-37-26-15-9-16-27(20-26)38-21-24-12-8-11-23(2)29(24)30(34)35;1-7-4-2-3-5-8(7)9-6-10/h6-8,10-12,17,25-27H,3-5,9,13-16,18-21H2,1-2H3,(H,32,36)(H,34,35);2-5H,1H3. The molecule has 0 bridgehead atoms. The van der Waals surface area contributed by atoms with Crippen molar-refractivity contribution in [3.05, 3.63) is 94.5 Å². The highest BCUT2D eigenvalue weighted by Crippen LogP contribution is 2.27. The predicted molar refractivity (Wildman–Crippen MR) is 188 cm³/mol. The van der Waals surface area contributed by atoms with Gasteiger partial charge in [0.1, 0.15) is 0 Å². The lowest BCUT2D eigenvalue weighted by atomic mass is 9.94. The van der Waals surface area contributed by atoms with Crippen LogP contribution in [-0.2, 0) is 20.9 Å². The zero-order valence-corrected chi connectivity index (χ0v) is 28.5. The van der Waals surface area contributed by atoms with Crippen LogP contribution in [0.4, 0.5) is 16.2 Å². The van der Waals surface area contributed by atoms with Gasteiger partial charge in [-0.3, -0.25) is 0 Å². The van der Waals surface area contributed by atoms with E-state index in [-0.39, 0.29) is 30.9 Å². The molecule has 2 aliphatic carbocycles. The number of carbonyl (C=O) groups excluding carboxylic acids is 2. The smallest absolute Gasteiger partial charge is 0.336 e. The number of nitrogens with one attached hydrogen (secondary N) is 1. The second kappa shape index (κ2) is 18.9. The van der Waals surface area contributed by atoms with E-state index in [0.29, 0.717) is 30.0 Å². The molecule has 48 heavy (non-hydrogen) atoms. The van der Waals surface area contributed by atoms with E-state index in [1.54, 1.807) is 6.07 Å². The van der Waals surface area contributed by atoms with Gasteiger partial charge in [-0.25, -0.2) is 14.4 Å². The van der Waals surface area contributed by atoms with E-state index in [9.17, 15) is 19.5 Å². The molecule has 2 fully saturated rings. The minimum Gasteiger partial charge on any atom is -0.478 e. The summed E-state index contributed by atoms with van der Waals surface area (Å²) in [5.41, 5.74) is 5.38. The molecular formula is C39H49N3O6. The Kier molecular flexibility index (Phi) is 14.4. The highest BCUT2D eigenvalue weighted by atomic mass is 16.5. The van der Waals surface area contributed by atoms with Crippen LogP contribution in [-0.4, -0.2) is 59.5 Å². The van der Waals surface area contributed by atoms with Gasteiger partial charge in [0.25, 0.3) is 0 Å². The molecule has 2 aliphatic rings. The molecule has 2 N–H and O–H groups in total. The average Bonchev–Trinajstić information content (AvgIpc) is 3.08. The second-order valence-corrected chi connectivity index (χ2v) is 12.7. The lowest BCUT2D eigenvalue weighted by Crippen LogP contribution is -2.46. The highest BCUT2D eigenvalue weighted by molar-refractivity contribution is 5.91. The van der Waals surface area contributed by atoms with E-state index in [1.807, 2.05) is 86.3 Å². The first-order chi connectivity index (χ1) is 23.3. The molecule has 0 radical (unpaired) electrons. The number of rotatable bonds is 11. The number of benzene rings is 3. The summed E-state index contributed by atoms with van der Waals surface area (Å²) in [5, 5.41) is 12.7. The first-order valence-electron chi connectivity index (χ1n) is 17.1. The summed E-state index contributed by atoms with van der Waals surface area (Å²) in [7, 11) is 0. The third-order valence-corrected chi connectivity index (χ3v) is 9.26. The Morgan fingerprint density at radius 1 is 0.833 bits per heavy atom. The fraction of sp³-hybridized carbons (Fsp3) is 0.462. The summed E-state index contributed by atoms with van der Waals surface area (Å²) in [6, 6.07) is 21.0. The maximum atomic E-state index is 13.3. The first-order valence-corrected chi connectivity index (χ1v) is 17.1. The Morgan fingerprint density at radius 2 is 1.50 bits per heavy atom. The maximum absolute atomic E-state index is 13.3. The Balaban J connectivity index is 0.000000445. The first kappa shape index (κ1) is 36.5. The summed E-state index contributed by atoms with van der Waals surface area (Å²) in [4.78, 5) is 40.3. The Hall–Kier alpha value is -4.30. The molecule has 3 aromatic rings. The van der Waals surface area contributed by atoms with Crippen molar-refractivity contribution < 1.29 is 29.0 Å². The number of isocyanates is 1. The van der Waals surface area contributed by atoms with Crippen LogP contribution in [0.3, 0.4) is 0 Å². The minimum atomic E-state index is -0.916. The highest BCUT2D eigenvalue weighted by Gasteiger charge is 2.28. The van der Waals surface area contributed by atoms with Crippen molar-refractivity contribution in [3.63, 3.8) is 0 Å². The molecular weight excluding hydrogens is 606 g/mol. The number of carbonyl (C=O) groups is 2. The van der Waals surface area contributed by atoms with Crippen LogP contribution in [0, 0.1) is 20.8 Å². The zero-order valence-electron chi connectivity index (χ0n) is 28.5. The van der Waals surface area contributed by atoms with E-state index in [1.165, 1.54) is 12.5 Å². The number of aryl methyl sites for hydroxylation is 3. The van der Waals surface area contributed by atoms with Crippen molar-refractivity contribution in [2.24, 2.45) is 4.99 Å². The molecule has 0 aromatic heterocycles. The molecule has 2 atom stereocenters. The van der Waals surface area contributed by atoms with Crippen molar-refractivity contribution in [1.29, 1.82) is 0 Å². The number of para-hydroxylation sites is 2. The van der Waals surface area contributed by atoms with Crippen LogP contribution >= 0.6 is 0 Å². The van der Waals surface area contributed by atoms with Crippen LogP contribution in [0.5, 0.6) is 0 Å². The minimum absolute atomic E-state index is 0.0368. The van der Waals surface area contributed by atoms with Crippen LogP contribution < -0.4 is 5.32 Å². The number of amides is 2. The van der Waals surface area contributed by atoms with Crippen molar-refractivity contribution in [2.45, 2.75) is 103 Å². The molecule has 0 spiro atoms. The Labute approximate surface area is 284 Å². The number of carboxylic acids is 1. The third-order valence-electron chi connectivity index (χ3n) is 9.26. The van der Waals surface area contributed by atoms with Crippen molar-refractivity contribution >= 4 is 29.5 Å². The molecule has 9 nitrogen and oxygen atoms in total. The van der Waals surface area contributed by atoms with Gasteiger partial charge < -0.3 is 24.8 Å². The van der Waals surface area contributed by atoms with Crippen LogP contribution in [0.15, 0.2) is 71.7 Å². The SMILES string of the molecule is Cc1ccccc1N=C=O.Cc1ccccc1NC(=O)N(CCOC1CCCC(OCc2cccc(C)c2C(=O)O)C1)C1CCCCC1. The summed E-state index contributed by atoms with van der Waals surface area (Å²) in [6.45, 7) is 7.07.